The van der Waals surface area contributed by atoms with E-state index in [1.54, 1.807) is 0 Å². The summed E-state index contributed by atoms with van der Waals surface area (Å²) in [5, 5.41) is 4.49. The predicted octanol–water partition coefficient (Wildman–Crippen LogP) is 5.56. The Kier molecular flexibility index (Phi) is 5.88. The molecule has 5 heteroatoms. The molecule has 30 heavy (non-hydrogen) atoms. The Morgan fingerprint density at radius 1 is 1.20 bits per heavy atom. The number of hydrogen-bond acceptors (Lipinski definition) is 4. The lowest BCUT2D eigenvalue weighted by Gasteiger charge is -2.30. The molecule has 0 unspecified atom stereocenters. The first-order valence-corrected chi connectivity index (χ1v) is 10.7. The van der Waals surface area contributed by atoms with Crippen LogP contribution in [0.15, 0.2) is 48.5 Å². The van der Waals surface area contributed by atoms with Crippen LogP contribution in [0.3, 0.4) is 0 Å². The molecule has 1 aliphatic rings. The quantitative estimate of drug-likeness (QED) is 0.606. The number of carbonyl (C=O) groups is 1. The van der Waals surface area contributed by atoms with Crippen molar-refractivity contribution in [2.75, 3.05) is 25.0 Å². The van der Waals surface area contributed by atoms with Crippen LogP contribution in [0.2, 0.25) is 0 Å². The van der Waals surface area contributed by atoms with E-state index in [9.17, 15) is 4.79 Å². The molecule has 2 aromatic carbocycles. The summed E-state index contributed by atoms with van der Waals surface area (Å²) in [4.78, 5) is 19.8. The molecule has 1 amide bonds. The van der Waals surface area contributed by atoms with E-state index in [0.29, 0.717) is 18.2 Å². The number of amides is 1. The average molecular weight is 404 g/mol. The molecule has 156 valence electrons. The van der Waals surface area contributed by atoms with Crippen molar-refractivity contribution in [3.63, 3.8) is 0 Å². The van der Waals surface area contributed by atoms with Crippen LogP contribution in [0, 0.1) is 12.8 Å². The molecule has 2 heterocycles. The van der Waals surface area contributed by atoms with Gasteiger partial charge >= 0.3 is 0 Å². The zero-order chi connectivity index (χ0) is 21.1. The van der Waals surface area contributed by atoms with E-state index in [-0.39, 0.29) is 5.91 Å². The Morgan fingerprint density at radius 2 is 2.00 bits per heavy atom. The lowest BCUT2D eigenvalue weighted by molar-refractivity contribution is 0.0677. The minimum Gasteiger partial charge on any atom is -0.494 e. The lowest BCUT2D eigenvalue weighted by Crippen LogP contribution is -2.39. The standard InChI is InChI=1S/C25H29N3O2/c1-4-30-20-10-8-19(9-11-20)26-23-15-24(25(29)28-13-5-6-18(3)16-28)27-22-12-7-17(2)14-21(22)23/h7-12,14-15,18H,4-6,13,16H2,1-3H3,(H,26,27)/t18-/m1/s1. The molecule has 1 saturated heterocycles. The van der Waals surface area contributed by atoms with Gasteiger partial charge in [-0.05, 0) is 75.1 Å². The maximum Gasteiger partial charge on any atom is 0.272 e. The van der Waals surface area contributed by atoms with E-state index in [1.165, 1.54) is 6.42 Å². The summed E-state index contributed by atoms with van der Waals surface area (Å²) >= 11 is 0. The van der Waals surface area contributed by atoms with E-state index in [1.807, 2.05) is 54.3 Å². The highest BCUT2D eigenvalue weighted by Gasteiger charge is 2.24. The first kappa shape index (κ1) is 20.2. The van der Waals surface area contributed by atoms with Crippen molar-refractivity contribution in [1.29, 1.82) is 0 Å². The molecule has 0 spiro atoms. The fraction of sp³-hybridized carbons (Fsp3) is 0.360. The Bertz CT molecular complexity index is 1050. The summed E-state index contributed by atoms with van der Waals surface area (Å²) in [5.41, 5.74) is 4.31. The minimum absolute atomic E-state index is 0.0127. The number of anilines is 2. The van der Waals surface area contributed by atoms with Gasteiger partial charge in [0, 0.05) is 24.2 Å². The highest BCUT2D eigenvalue weighted by molar-refractivity contribution is 6.00. The third-order valence-corrected chi connectivity index (χ3v) is 5.57. The molecule has 0 bridgehead atoms. The second-order valence-electron chi connectivity index (χ2n) is 8.16. The number of benzene rings is 2. The van der Waals surface area contributed by atoms with Crippen LogP contribution in [0.1, 0.15) is 42.7 Å². The number of aryl methyl sites for hydroxylation is 1. The van der Waals surface area contributed by atoms with Crippen LogP contribution in [0.25, 0.3) is 10.9 Å². The molecule has 1 fully saturated rings. The van der Waals surface area contributed by atoms with E-state index < -0.39 is 0 Å². The van der Waals surface area contributed by atoms with Crippen LogP contribution >= 0.6 is 0 Å². The average Bonchev–Trinajstić information content (AvgIpc) is 2.75. The van der Waals surface area contributed by atoms with Gasteiger partial charge in [0.05, 0.1) is 17.8 Å². The van der Waals surface area contributed by atoms with Crippen LogP contribution in [0.5, 0.6) is 5.75 Å². The third kappa shape index (κ3) is 4.40. The molecule has 1 N–H and O–H groups in total. The molecule has 0 radical (unpaired) electrons. The van der Waals surface area contributed by atoms with Gasteiger partial charge in [0.25, 0.3) is 5.91 Å². The van der Waals surface area contributed by atoms with Crippen LogP contribution in [-0.4, -0.2) is 35.5 Å². The van der Waals surface area contributed by atoms with Crippen LogP contribution < -0.4 is 10.1 Å². The number of carbonyl (C=O) groups excluding carboxylic acids is 1. The summed E-state index contributed by atoms with van der Waals surface area (Å²) < 4.78 is 5.54. The van der Waals surface area contributed by atoms with Crippen LogP contribution in [-0.2, 0) is 0 Å². The maximum atomic E-state index is 13.2. The molecule has 1 aliphatic heterocycles. The van der Waals surface area contributed by atoms with Gasteiger partial charge in [0.15, 0.2) is 0 Å². The van der Waals surface area contributed by atoms with Gasteiger partial charge in [-0.15, -0.1) is 0 Å². The zero-order valence-corrected chi connectivity index (χ0v) is 17.9. The minimum atomic E-state index is 0.0127. The number of ether oxygens (including phenoxy) is 1. The van der Waals surface area contributed by atoms with Crippen molar-refractivity contribution >= 4 is 28.2 Å². The molecule has 1 aromatic heterocycles. The lowest BCUT2D eigenvalue weighted by atomic mass is 10.00. The first-order valence-electron chi connectivity index (χ1n) is 10.7. The first-order chi connectivity index (χ1) is 14.5. The summed E-state index contributed by atoms with van der Waals surface area (Å²) in [5.74, 6) is 1.39. The summed E-state index contributed by atoms with van der Waals surface area (Å²) in [6, 6.07) is 15.9. The summed E-state index contributed by atoms with van der Waals surface area (Å²) in [7, 11) is 0. The van der Waals surface area contributed by atoms with E-state index >= 15 is 0 Å². The number of rotatable bonds is 5. The number of likely N-dealkylation sites (tertiary alicyclic amines) is 1. The Labute approximate surface area is 178 Å². The van der Waals surface area contributed by atoms with Crippen molar-refractivity contribution in [2.24, 2.45) is 5.92 Å². The monoisotopic (exact) mass is 403 g/mol. The number of hydrogen-bond donors (Lipinski definition) is 1. The normalized spacial score (nSPS) is 16.5. The number of nitrogens with one attached hydrogen (secondary N) is 1. The van der Waals surface area contributed by atoms with Gasteiger partial charge in [0.2, 0.25) is 0 Å². The number of fused-ring (bicyclic) bond motifs is 1. The molecule has 1 atom stereocenters. The van der Waals surface area contributed by atoms with E-state index in [0.717, 1.165) is 53.1 Å². The topological polar surface area (TPSA) is 54.5 Å². The van der Waals surface area contributed by atoms with Gasteiger partial charge in [-0.3, -0.25) is 4.79 Å². The predicted molar refractivity (Wildman–Crippen MR) is 122 cm³/mol. The number of nitrogens with zero attached hydrogens (tertiary/aromatic N) is 2. The number of aromatic nitrogens is 1. The van der Waals surface area contributed by atoms with E-state index in [2.05, 4.69) is 25.2 Å². The van der Waals surface area contributed by atoms with Gasteiger partial charge in [-0.25, -0.2) is 4.98 Å². The van der Waals surface area contributed by atoms with Crippen molar-refractivity contribution in [2.45, 2.75) is 33.6 Å². The second-order valence-corrected chi connectivity index (χ2v) is 8.16. The Balaban J connectivity index is 1.69. The van der Waals surface area contributed by atoms with Crippen molar-refractivity contribution < 1.29 is 9.53 Å². The molecule has 0 aliphatic carbocycles. The smallest absolute Gasteiger partial charge is 0.272 e. The van der Waals surface area contributed by atoms with Gasteiger partial charge in [-0.1, -0.05) is 18.6 Å². The Hall–Kier alpha value is -3.08. The highest BCUT2D eigenvalue weighted by Crippen LogP contribution is 2.29. The number of pyridine rings is 1. The molecule has 0 saturated carbocycles. The zero-order valence-electron chi connectivity index (χ0n) is 17.9. The van der Waals surface area contributed by atoms with Crippen molar-refractivity contribution in [3.8, 4) is 5.75 Å². The molecular weight excluding hydrogens is 374 g/mol. The molecular formula is C25H29N3O2. The van der Waals surface area contributed by atoms with E-state index in [4.69, 9.17) is 9.72 Å². The molecule has 3 aromatic rings. The SMILES string of the molecule is CCOc1ccc(Nc2cc(C(=O)N3CCC[C@@H](C)C3)nc3ccc(C)cc23)cc1. The maximum absolute atomic E-state index is 13.2. The van der Waals surface area contributed by atoms with Gasteiger partial charge in [0.1, 0.15) is 11.4 Å². The summed E-state index contributed by atoms with van der Waals surface area (Å²) in [6.07, 6.45) is 2.23. The summed E-state index contributed by atoms with van der Waals surface area (Å²) in [6.45, 7) is 8.48. The highest BCUT2D eigenvalue weighted by atomic mass is 16.5. The third-order valence-electron chi connectivity index (χ3n) is 5.57. The second kappa shape index (κ2) is 8.74. The van der Waals surface area contributed by atoms with Crippen molar-refractivity contribution in [1.82, 2.24) is 9.88 Å². The van der Waals surface area contributed by atoms with Gasteiger partial charge < -0.3 is 15.0 Å². The van der Waals surface area contributed by atoms with Gasteiger partial charge in [-0.2, -0.15) is 0 Å². The molecule has 4 rings (SSSR count). The fourth-order valence-corrected chi connectivity index (χ4v) is 4.05. The fourth-order valence-electron chi connectivity index (χ4n) is 4.05. The molecule has 5 nitrogen and oxygen atoms in total. The van der Waals surface area contributed by atoms with Crippen molar-refractivity contribution in [3.05, 3.63) is 59.8 Å². The van der Waals surface area contributed by atoms with Crippen LogP contribution in [0.4, 0.5) is 11.4 Å². The number of piperidine rings is 1. The Morgan fingerprint density at radius 3 is 2.73 bits per heavy atom. The largest absolute Gasteiger partial charge is 0.494 e.